The Balaban J connectivity index is 0.754. The van der Waals surface area contributed by atoms with Gasteiger partial charge in [-0.1, -0.05) is 41.4 Å². The monoisotopic (exact) mass is 978 g/mol. The number of aromatic nitrogens is 4. The number of amides is 4. The number of nitrogens with one attached hydrogen (secondary N) is 4. The second kappa shape index (κ2) is 21.8. The molecule has 7 atom stereocenters. The van der Waals surface area contributed by atoms with Gasteiger partial charge in [-0.05, 0) is 24.1 Å². The molecule has 3 aliphatic heterocycles. The predicted octanol–water partition coefficient (Wildman–Crippen LogP) is -1.07. The van der Waals surface area contributed by atoms with Crippen LogP contribution in [0.25, 0.3) is 11.2 Å². The number of H-pyrrole nitrogens is 1. The van der Waals surface area contributed by atoms with Crippen LogP contribution in [0, 0.1) is 0 Å². The van der Waals surface area contributed by atoms with E-state index < -0.39 is 64.2 Å². The van der Waals surface area contributed by atoms with Crippen molar-refractivity contribution in [2.75, 3.05) is 63.8 Å². The van der Waals surface area contributed by atoms with Crippen LogP contribution in [0.3, 0.4) is 0 Å². The lowest BCUT2D eigenvalue weighted by Gasteiger charge is -2.29. The van der Waals surface area contributed by atoms with Crippen LogP contribution >= 0.6 is 15.6 Å². The molecular formula is C39H50N9O17P2+. The number of aromatic amines is 1. The van der Waals surface area contributed by atoms with Crippen LogP contribution in [0.4, 0.5) is 11.6 Å². The van der Waals surface area contributed by atoms with Crippen LogP contribution in [0.5, 0.6) is 0 Å². The Kier molecular flexibility index (Phi) is 16.1. The first-order valence-corrected chi connectivity index (χ1v) is 24.0. The molecule has 0 radical (unpaired) electrons. The van der Waals surface area contributed by atoms with Crippen molar-refractivity contribution in [1.29, 1.82) is 0 Å². The molecule has 4 aromatic rings. The maximum atomic E-state index is 13.0. The molecule has 10 N–H and O–H groups in total. The molecule has 0 spiro atoms. The molecule has 0 bridgehead atoms. The summed E-state index contributed by atoms with van der Waals surface area (Å²) in [4.78, 5) is 90.8. The van der Waals surface area contributed by atoms with Crippen molar-refractivity contribution in [1.82, 2.24) is 29.8 Å². The number of ether oxygens (including phenoxy) is 4. The van der Waals surface area contributed by atoms with Gasteiger partial charge in [0, 0.05) is 36.3 Å². The van der Waals surface area contributed by atoms with Crippen LogP contribution in [0.1, 0.15) is 47.0 Å². The number of phosphoric ester groups is 1. The quantitative estimate of drug-likeness (QED) is 0.0185. The number of nitrogen functional groups attached to an aromatic ring is 1. The number of imidazole rings is 1. The number of nitrogens with zero attached hydrogens (tertiary/aromatic N) is 4. The number of anilines is 2. The number of piperidine rings is 1. The average molecular weight is 979 g/mol. The van der Waals surface area contributed by atoms with E-state index in [4.69, 9.17) is 29.2 Å². The van der Waals surface area contributed by atoms with Gasteiger partial charge >= 0.3 is 21.2 Å². The number of hydrogen-bond donors (Lipinski definition) is 9. The zero-order valence-corrected chi connectivity index (χ0v) is 37.4. The van der Waals surface area contributed by atoms with E-state index in [1.54, 1.807) is 22.8 Å². The number of carbonyl (C=O) groups excluding carboxylic acids is 4. The lowest BCUT2D eigenvalue weighted by molar-refractivity contribution is -0.745. The van der Waals surface area contributed by atoms with Crippen LogP contribution in [0.2, 0.25) is 0 Å². The van der Waals surface area contributed by atoms with E-state index in [0.717, 1.165) is 5.56 Å². The number of rotatable bonds is 23. The number of benzene rings is 2. The fraction of sp³-hybridized carbons (Fsp3) is 0.462. The molecule has 2 aromatic carbocycles. The van der Waals surface area contributed by atoms with Gasteiger partial charge in [-0.2, -0.15) is 4.31 Å². The summed E-state index contributed by atoms with van der Waals surface area (Å²) < 4.78 is 59.3. The smallest absolute Gasteiger partial charge is 0.387 e. The van der Waals surface area contributed by atoms with E-state index >= 15 is 0 Å². The summed E-state index contributed by atoms with van der Waals surface area (Å²) in [6.45, 7) is -0.418. The van der Waals surface area contributed by atoms with Crippen LogP contribution in [-0.2, 0) is 64.4 Å². The lowest BCUT2D eigenvalue weighted by Crippen LogP contribution is -2.52. The molecule has 0 aliphatic carbocycles. The molecular weight excluding hydrogens is 928 g/mol. The molecule has 2 fully saturated rings. The third-order valence-corrected chi connectivity index (χ3v) is 13.6. The van der Waals surface area contributed by atoms with Gasteiger partial charge in [0.1, 0.15) is 24.4 Å². The van der Waals surface area contributed by atoms with E-state index in [1.165, 1.54) is 15.8 Å². The van der Waals surface area contributed by atoms with Crippen molar-refractivity contribution in [3.63, 3.8) is 0 Å². The van der Waals surface area contributed by atoms with E-state index in [2.05, 4.69) is 30.0 Å². The Hall–Kier alpha value is -5.31. The number of aliphatic hydroxyl groups is 2. The standard InChI is InChI=1S/C39H49N9O17P2/c40-39-44-34-31(36(54)45-39)46(19-23-5-2-1-3-6-23)22-48(34)38-33(52)32(51)28(64-38)21-63-67(58,59)65-66(56,57)41-12-14-61-16-18-62-17-15-60-13-11-30(50)42-26-8-4-7-24-25(26)20-47(37(24)55)27-9-10-29(49)43-35(27)53/h1-8,22,27-28,32-33,38,51-52H,9-21H2,(H7-,40,41,42,43,44,45,49,50,53,54,56,57,58,59)/p+1. The maximum absolute atomic E-state index is 13.0. The number of fused-ring (bicyclic) bond motifs is 2. The first kappa shape index (κ1) is 49.6. The van der Waals surface area contributed by atoms with Gasteiger partial charge in [-0.3, -0.25) is 43.4 Å². The summed E-state index contributed by atoms with van der Waals surface area (Å²) in [5.74, 6) is -1.85. The minimum Gasteiger partial charge on any atom is -0.387 e. The molecule has 3 aliphatic rings. The van der Waals surface area contributed by atoms with Gasteiger partial charge in [0.05, 0.1) is 59.2 Å². The highest BCUT2D eigenvalue weighted by atomic mass is 31.3. The van der Waals surface area contributed by atoms with E-state index in [1.807, 2.05) is 30.3 Å². The second-order valence-electron chi connectivity index (χ2n) is 15.4. The first-order chi connectivity index (χ1) is 32.0. The fourth-order valence-electron chi connectivity index (χ4n) is 7.60. The molecule has 5 heterocycles. The topological polar surface area (TPSA) is 359 Å². The number of nitrogens with two attached hydrogens (primary N) is 1. The molecule has 28 heteroatoms. The highest BCUT2D eigenvalue weighted by molar-refractivity contribution is 7.62. The van der Waals surface area contributed by atoms with Crippen LogP contribution in [0.15, 0.2) is 59.7 Å². The van der Waals surface area contributed by atoms with Gasteiger partial charge in [0.2, 0.25) is 29.5 Å². The first-order valence-electron chi connectivity index (χ1n) is 20.9. The minimum atomic E-state index is -5.27. The molecule has 2 aromatic heterocycles. The Morgan fingerprint density at radius 3 is 2.40 bits per heavy atom. The van der Waals surface area contributed by atoms with Crippen molar-refractivity contribution in [3.05, 3.63) is 81.9 Å². The molecule has 362 valence electrons. The van der Waals surface area contributed by atoms with Crippen LogP contribution in [-0.4, -0.2) is 140 Å². The fourth-order valence-corrected chi connectivity index (χ4v) is 9.85. The maximum Gasteiger partial charge on any atom is 0.480 e. The Morgan fingerprint density at radius 1 is 0.955 bits per heavy atom. The third kappa shape index (κ3) is 12.4. The average Bonchev–Trinajstić information content (AvgIpc) is 3.90. The summed E-state index contributed by atoms with van der Waals surface area (Å²) in [7, 11) is -10.2. The van der Waals surface area contributed by atoms with Gasteiger partial charge in [0.15, 0.2) is 6.33 Å². The molecule has 26 nitrogen and oxygen atoms in total. The van der Waals surface area contributed by atoms with Crippen LogP contribution < -0.4 is 31.6 Å². The van der Waals surface area contributed by atoms with Gasteiger partial charge in [-0.15, -0.1) is 0 Å². The molecule has 7 rings (SSSR count). The van der Waals surface area contributed by atoms with E-state index in [9.17, 15) is 53.1 Å². The Labute approximate surface area is 380 Å². The SMILES string of the molecule is Nc1nc2c(c(=O)[nH]1)n(Cc1ccccc1)c[n+]2C1OC(COP(=O)(O)OP(=O)(O)NCCOCCOCCOCCC(=O)Nc2cccc3c2CN(C2CCC(=O)NC2=O)C3=O)C(O)C1O. The Bertz CT molecular complexity index is 2620. The number of hydrogen-bond acceptors (Lipinski definition) is 17. The Morgan fingerprint density at radius 2 is 1.67 bits per heavy atom. The van der Waals surface area contributed by atoms with Crippen molar-refractivity contribution >= 4 is 62.0 Å². The van der Waals surface area contributed by atoms with E-state index in [0.29, 0.717) is 16.8 Å². The summed E-state index contributed by atoms with van der Waals surface area (Å²) in [6, 6.07) is 13.2. The molecule has 67 heavy (non-hydrogen) atoms. The van der Waals surface area contributed by atoms with Gasteiger partial charge in [-0.25, -0.2) is 18.8 Å². The van der Waals surface area contributed by atoms with E-state index in [-0.39, 0.29) is 113 Å². The summed E-state index contributed by atoms with van der Waals surface area (Å²) in [6.07, 6.45) is -4.40. The van der Waals surface area contributed by atoms with Crippen molar-refractivity contribution in [3.8, 4) is 0 Å². The van der Waals surface area contributed by atoms with Crippen molar-refractivity contribution < 1.29 is 80.7 Å². The number of aliphatic hydroxyl groups excluding tert-OH is 2. The highest BCUT2D eigenvalue weighted by Gasteiger charge is 2.48. The predicted molar refractivity (Wildman–Crippen MR) is 229 cm³/mol. The largest absolute Gasteiger partial charge is 0.480 e. The molecule has 4 amide bonds. The van der Waals surface area contributed by atoms with Gasteiger partial charge in [0.25, 0.3) is 17.4 Å². The summed E-state index contributed by atoms with van der Waals surface area (Å²) in [5.41, 5.74) is 7.52. The van der Waals surface area contributed by atoms with Gasteiger partial charge < -0.3 is 54.9 Å². The van der Waals surface area contributed by atoms with Crippen molar-refractivity contribution in [2.45, 2.75) is 62.9 Å². The van der Waals surface area contributed by atoms with Crippen molar-refractivity contribution in [2.24, 2.45) is 0 Å². The highest BCUT2D eigenvalue weighted by Crippen LogP contribution is 2.57. The molecule has 2 saturated heterocycles. The summed E-state index contributed by atoms with van der Waals surface area (Å²) in [5, 5.41) is 28.8. The lowest BCUT2D eigenvalue weighted by atomic mass is 10.0. The minimum absolute atomic E-state index is 0.00589. The molecule has 0 saturated carbocycles. The number of carbonyl (C=O) groups is 4. The second-order valence-corrected chi connectivity index (χ2v) is 18.7. The normalized spacial score (nSPS) is 22.4. The third-order valence-electron chi connectivity index (χ3n) is 10.7. The molecule has 7 unspecified atom stereocenters. The summed E-state index contributed by atoms with van der Waals surface area (Å²) >= 11 is 0. The zero-order valence-electron chi connectivity index (χ0n) is 35.6. The number of phosphoric acid groups is 1. The number of imide groups is 1. The zero-order chi connectivity index (χ0) is 47.9.